The van der Waals surface area contributed by atoms with Gasteiger partial charge in [-0.1, -0.05) is 44.2 Å². The van der Waals surface area contributed by atoms with E-state index in [4.69, 9.17) is 0 Å². The first-order valence-corrected chi connectivity index (χ1v) is 11.3. The molecule has 27 heavy (non-hydrogen) atoms. The lowest BCUT2D eigenvalue weighted by Gasteiger charge is -2.17. The Morgan fingerprint density at radius 3 is 2.78 bits per heavy atom. The Morgan fingerprint density at radius 1 is 1.30 bits per heavy atom. The van der Waals surface area contributed by atoms with E-state index in [1.165, 1.54) is 15.6 Å². The molecule has 1 saturated heterocycles. The Morgan fingerprint density at radius 2 is 2.11 bits per heavy atom. The van der Waals surface area contributed by atoms with Crippen molar-refractivity contribution in [1.29, 1.82) is 0 Å². The number of aromatic nitrogens is 3. The SMILES string of the molecule is CC(C)(C)c1cn2nc(NCc3cccc(N4CCCS4(=O)=O)c3)sc2n1. The van der Waals surface area contributed by atoms with Gasteiger partial charge in [0.05, 0.1) is 23.3 Å². The molecule has 0 amide bonds. The lowest BCUT2D eigenvalue weighted by molar-refractivity contribution is 0.572. The average molecular weight is 406 g/mol. The number of hydrogen-bond donors (Lipinski definition) is 1. The van der Waals surface area contributed by atoms with Crippen molar-refractivity contribution >= 4 is 37.1 Å². The van der Waals surface area contributed by atoms with Crippen molar-refractivity contribution in [3.8, 4) is 0 Å². The Hall–Kier alpha value is -2.13. The molecule has 2 aromatic heterocycles. The van der Waals surface area contributed by atoms with Crippen LogP contribution >= 0.6 is 11.3 Å². The summed E-state index contributed by atoms with van der Waals surface area (Å²) in [5, 5.41) is 8.64. The van der Waals surface area contributed by atoms with Crippen molar-refractivity contribution in [2.24, 2.45) is 0 Å². The lowest BCUT2D eigenvalue weighted by Crippen LogP contribution is -2.25. The molecule has 0 saturated carbocycles. The van der Waals surface area contributed by atoms with Crippen LogP contribution in [-0.4, -0.2) is 35.3 Å². The highest BCUT2D eigenvalue weighted by atomic mass is 32.2. The van der Waals surface area contributed by atoms with E-state index in [0.717, 1.165) is 27.0 Å². The van der Waals surface area contributed by atoms with E-state index in [2.05, 4.69) is 36.2 Å². The van der Waals surface area contributed by atoms with E-state index < -0.39 is 10.0 Å². The molecule has 9 heteroatoms. The Kier molecular flexibility index (Phi) is 4.38. The Balaban J connectivity index is 1.48. The summed E-state index contributed by atoms with van der Waals surface area (Å²) in [6, 6.07) is 7.64. The van der Waals surface area contributed by atoms with Crippen LogP contribution in [0.2, 0.25) is 0 Å². The van der Waals surface area contributed by atoms with Gasteiger partial charge in [-0.3, -0.25) is 4.31 Å². The van der Waals surface area contributed by atoms with Crippen LogP contribution in [-0.2, 0) is 22.0 Å². The van der Waals surface area contributed by atoms with Gasteiger partial charge in [0.2, 0.25) is 20.1 Å². The highest BCUT2D eigenvalue weighted by molar-refractivity contribution is 7.93. The molecule has 1 aromatic carbocycles. The third-order valence-electron chi connectivity index (χ3n) is 4.55. The molecule has 1 aliphatic heterocycles. The maximum Gasteiger partial charge on any atom is 0.235 e. The second kappa shape index (κ2) is 6.49. The number of anilines is 2. The van der Waals surface area contributed by atoms with Gasteiger partial charge in [0.1, 0.15) is 0 Å². The predicted octanol–water partition coefficient (Wildman–Crippen LogP) is 3.24. The fourth-order valence-electron chi connectivity index (χ4n) is 3.06. The number of rotatable bonds is 4. The van der Waals surface area contributed by atoms with Gasteiger partial charge in [0.15, 0.2) is 0 Å². The third kappa shape index (κ3) is 3.66. The smallest absolute Gasteiger partial charge is 0.235 e. The second-order valence-corrected chi connectivity index (χ2v) is 10.7. The second-order valence-electron chi connectivity index (χ2n) is 7.78. The van der Waals surface area contributed by atoms with Crippen LogP contribution in [0.3, 0.4) is 0 Å². The van der Waals surface area contributed by atoms with Gasteiger partial charge in [-0.05, 0) is 24.1 Å². The van der Waals surface area contributed by atoms with Gasteiger partial charge in [-0.2, -0.15) is 0 Å². The first-order valence-electron chi connectivity index (χ1n) is 8.92. The summed E-state index contributed by atoms with van der Waals surface area (Å²) >= 11 is 1.51. The van der Waals surface area contributed by atoms with Crippen molar-refractivity contribution in [2.75, 3.05) is 21.9 Å². The molecule has 3 aromatic rings. The molecule has 1 aliphatic rings. The standard InChI is InChI=1S/C18H23N5O2S2/c1-18(2,3)15-12-22-17(20-15)26-16(21-22)19-11-13-6-4-7-14(10-13)23-8-5-9-27(23,24)25/h4,6-7,10,12H,5,8-9,11H2,1-3H3,(H,19,21). The average Bonchev–Trinajstić information content (AvgIpc) is 3.24. The molecule has 0 unspecified atom stereocenters. The lowest BCUT2D eigenvalue weighted by atomic mass is 9.93. The van der Waals surface area contributed by atoms with E-state index in [1.54, 1.807) is 4.52 Å². The first kappa shape index (κ1) is 18.2. The normalized spacial score (nSPS) is 16.9. The maximum atomic E-state index is 12.1. The largest absolute Gasteiger partial charge is 0.356 e. The molecule has 0 spiro atoms. The number of imidazole rings is 1. The topological polar surface area (TPSA) is 79.6 Å². The molecule has 1 fully saturated rings. The van der Waals surface area contributed by atoms with Crippen LogP contribution in [0.25, 0.3) is 4.96 Å². The first-order chi connectivity index (χ1) is 12.7. The summed E-state index contributed by atoms with van der Waals surface area (Å²) in [6.07, 6.45) is 2.65. The van der Waals surface area contributed by atoms with Gasteiger partial charge in [-0.25, -0.2) is 17.9 Å². The van der Waals surface area contributed by atoms with Gasteiger partial charge in [-0.15, -0.1) is 5.10 Å². The quantitative estimate of drug-likeness (QED) is 0.721. The van der Waals surface area contributed by atoms with Gasteiger partial charge < -0.3 is 5.32 Å². The maximum absolute atomic E-state index is 12.1. The zero-order valence-corrected chi connectivity index (χ0v) is 17.3. The zero-order chi connectivity index (χ0) is 19.2. The number of nitrogens with zero attached hydrogens (tertiary/aromatic N) is 4. The minimum Gasteiger partial charge on any atom is -0.356 e. The summed E-state index contributed by atoms with van der Waals surface area (Å²) in [6.45, 7) is 7.52. The van der Waals surface area contributed by atoms with Crippen molar-refractivity contribution < 1.29 is 8.42 Å². The third-order valence-corrected chi connectivity index (χ3v) is 7.30. The van der Waals surface area contributed by atoms with Crippen LogP contribution in [0, 0.1) is 0 Å². The van der Waals surface area contributed by atoms with Crippen LogP contribution in [0.1, 0.15) is 38.4 Å². The minimum atomic E-state index is -3.16. The summed E-state index contributed by atoms with van der Waals surface area (Å²) in [5.41, 5.74) is 2.76. The van der Waals surface area contributed by atoms with E-state index in [9.17, 15) is 8.42 Å². The van der Waals surface area contributed by atoms with Crippen molar-refractivity contribution in [3.63, 3.8) is 0 Å². The summed E-state index contributed by atoms with van der Waals surface area (Å²) in [4.78, 5) is 5.51. The van der Waals surface area contributed by atoms with Gasteiger partial charge >= 0.3 is 0 Å². The predicted molar refractivity (Wildman–Crippen MR) is 109 cm³/mol. The molecule has 3 heterocycles. The molecular formula is C18H23N5O2S2. The van der Waals surface area contributed by atoms with Crippen LogP contribution in [0.5, 0.6) is 0 Å². The summed E-state index contributed by atoms with van der Waals surface area (Å²) in [7, 11) is -3.16. The van der Waals surface area contributed by atoms with E-state index in [1.807, 2.05) is 30.5 Å². The van der Waals surface area contributed by atoms with Crippen molar-refractivity contribution in [2.45, 2.75) is 39.2 Å². The molecule has 0 radical (unpaired) electrons. The van der Waals surface area contributed by atoms with E-state index >= 15 is 0 Å². The minimum absolute atomic E-state index is 0.00262. The Labute approximate surface area is 163 Å². The number of benzene rings is 1. The molecule has 0 aliphatic carbocycles. The monoisotopic (exact) mass is 405 g/mol. The number of hydrogen-bond acceptors (Lipinski definition) is 6. The zero-order valence-electron chi connectivity index (χ0n) is 15.6. The number of sulfonamides is 1. The van der Waals surface area contributed by atoms with E-state index in [0.29, 0.717) is 19.5 Å². The number of fused-ring (bicyclic) bond motifs is 1. The highest BCUT2D eigenvalue weighted by Gasteiger charge is 2.28. The molecular weight excluding hydrogens is 382 g/mol. The van der Waals surface area contributed by atoms with Crippen molar-refractivity contribution in [3.05, 3.63) is 41.7 Å². The van der Waals surface area contributed by atoms with Crippen LogP contribution < -0.4 is 9.62 Å². The molecule has 4 rings (SSSR count). The van der Waals surface area contributed by atoms with Gasteiger partial charge in [0, 0.05) is 18.5 Å². The molecule has 144 valence electrons. The Bertz CT molecular complexity index is 1050. The molecule has 7 nitrogen and oxygen atoms in total. The molecule has 0 atom stereocenters. The van der Waals surface area contributed by atoms with E-state index in [-0.39, 0.29) is 11.2 Å². The molecule has 0 bridgehead atoms. The van der Waals surface area contributed by atoms with Crippen LogP contribution in [0.4, 0.5) is 10.8 Å². The fourth-order valence-corrected chi connectivity index (χ4v) is 5.40. The summed E-state index contributed by atoms with van der Waals surface area (Å²) < 4.78 is 27.5. The van der Waals surface area contributed by atoms with Crippen LogP contribution in [0.15, 0.2) is 30.5 Å². The van der Waals surface area contributed by atoms with Crippen molar-refractivity contribution in [1.82, 2.24) is 14.6 Å². The summed E-state index contributed by atoms with van der Waals surface area (Å²) in [5.74, 6) is 0.227. The number of nitrogens with one attached hydrogen (secondary N) is 1. The molecule has 1 N–H and O–H groups in total. The highest BCUT2D eigenvalue weighted by Crippen LogP contribution is 2.27. The fraction of sp³-hybridized carbons (Fsp3) is 0.444. The van der Waals surface area contributed by atoms with Gasteiger partial charge in [0.25, 0.3) is 0 Å².